The van der Waals surface area contributed by atoms with Gasteiger partial charge in [0.05, 0.1) is 55.2 Å². The molecule has 6 rings (SSSR count). The lowest BCUT2D eigenvalue weighted by molar-refractivity contribution is -0.119. The van der Waals surface area contributed by atoms with Crippen LogP contribution in [0.25, 0.3) is 0 Å². The van der Waals surface area contributed by atoms with Gasteiger partial charge in [-0.3, -0.25) is 4.79 Å². The van der Waals surface area contributed by atoms with Crippen molar-refractivity contribution < 1.29 is 70.2 Å². The molecule has 4 aromatic carbocycles. The lowest BCUT2D eigenvalue weighted by Gasteiger charge is -2.33. The second-order valence-electron chi connectivity index (χ2n) is 19.1. The maximum absolute atomic E-state index is 13.2. The minimum atomic E-state index is -3.76. The van der Waals surface area contributed by atoms with E-state index in [0.717, 1.165) is 65.5 Å². The standard InChI is InChI=1S/C54H70Cl4N4O10S2.2ClH/c1-38-28-46(47-32-41(55)34-52(57)49(47)29-38)39-10-7-15-45(31-39)74(67,68)61-18-22-72-26-23-69-19-8-13-43(63)12-4-3-5-16-59-54(64)60-17-21-71-25-24-70-20-9-27-73(65,66)44-14-6-11-40(30-44)50-36-62(2)37-51-48(50)33-42(56)35-53(51)58;;/h6-7,10-11,14-15,30-35,38,46,50,61H,3-5,8-9,12-13,16-29,36-37H2,1-2H3,(H2,59,60,64);2*1H/p-2/t38?,46-,50-;;/m0../s1. The molecule has 0 saturated carbocycles. The van der Waals surface area contributed by atoms with Crippen LogP contribution in [-0.2, 0) is 56.6 Å². The number of halogens is 6. The van der Waals surface area contributed by atoms with Gasteiger partial charge in [-0.25, -0.2) is 26.4 Å². The number of Topliss-reactive ketones (excluding diaryl/α,β-unsaturated/α-hetero) is 1. The number of ketones is 1. The summed E-state index contributed by atoms with van der Waals surface area (Å²) in [5.41, 5.74) is 5.94. The number of hydrogen-bond acceptors (Lipinski definition) is 11. The second-order valence-corrected chi connectivity index (χ2v) is 24.6. The molecule has 76 heavy (non-hydrogen) atoms. The maximum Gasteiger partial charge on any atom is 0.314 e. The van der Waals surface area contributed by atoms with Gasteiger partial charge in [0.1, 0.15) is 5.78 Å². The van der Waals surface area contributed by atoms with E-state index in [9.17, 15) is 26.4 Å². The molecular formula is C54H70Cl6N4O10S2-2. The lowest BCUT2D eigenvalue weighted by atomic mass is 9.74. The molecular weight excluding hydrogens is 1140 g/mol. The molecule has 0 aromatic heterocycles. The van der Waals surface area contributed by atoms with Crippen molar-refractivity contribution in [2.24, 2.45) is 5.92 Å². The fourth-order valence-corrected chi connectivity index (χ4v) is 13.0. The predicted octanol–water partition coefficient (Wildman–Crippen LogP) is 4.02. The predicted molar refractivity (Wildman–Crippen MR) is 293 cm³/mol. The number of carbonyl (C=O) groups excluding carboxylic acids is 2. The van der Waals surface area contributed by atoms with E-state index >= 15 is 0 Å². The van der Waals surface area contributed by atoms with Gasteiger partial charge in [0.2, 0.25) is 10.0 Å². The van der Waals surface area contributed by atoms with Crippen LogP contribution in [0.1, 0.15) is 104 Å². The number of sulfone groups is 1. The van der Waals surface area contributed by atoms with Crippen LogP contribution < -0.4 is 40.2 Å². The van der Waals surface area contributed by atoms with E-state index < -0.39 is 19.9 Å². The number of urea groups is 1. The highest BCUT2D eigenvalue weighted by atomic mass is 35.5. The molecule has 0 fully saturated rings. The summed E-state index contributed by atoms with van der Waals surface area (Å²) in [6.45, 7) is 6.92. The van der Waals surface area contributed by atoms with Gasteiger partial charge in [-0.2, -0.15) is 0 Å². The number of hydrogen-bond donors (Lipinski definition) is 3. The van der Waals surface area contributed by atoms with Crippen LogP contribution in [0.3, 0.4) is 0 Å². The Morgan fingerprint density at radius 3 is 1.86 bits per heavy atom. The van der Waals surface area contributed by atoms with Crippen molar-refractivity contribution in [3.8, 4) is 0 Å². The number of ether oxygens (including phenoxy) is 4. The number of fused-ring (bicyclic) bond motifs is 2. The zero-order valence-corrected chi connectivity index (χ0v) is 49.2. The summed E-state index contributed by atoms with van der Waals surface area (Å²) in [7, 11) is -5.29. The van der Waals surface area contributed by atoms with Gasteiger partial charge in [0.25, 0.3) is 0 Å². The van der Waals surface area contributed by atoms with Crippen molar-refractivity contribution in [2.75, 3.05) is 91.8 Å². The number of amides is 2. The van der Waals surface area contributed by atoms with Crippen molar-refractivity contribution in [3.63, 3.8) is 0 Å². The lowest BCUT2D eigenvalue weighted by Crippen LogP contribution is -3.00. The third kappa shape index (κ3) is 20.7. The smallest absolute Gasteiger partial charge is 0.314 e. The van der Waals surface area contributed by atoms with Crippen LogP contribution >= 0.6 is 46.4 Å². The summed E-state index contributed by atoms with van der Waals surface area (Å²) < 4.78 is 77.7. The molecule has 4 aromatic rings. The summed E-state index contributed by atoms with van der Waals surface area (Å²) in [4.78, 5) is 27.1. The minimum Gasteiger partial charge on any atom is -1.00 e. The van der Waals surface area contributed by atoms with Crippen molar-refractivity contribution in [1.29, 1.82) is 0 Å². The molecule has 22 heteroatoms. The van der Waals surface area contributed by atoms with Gasteiger partial charge in [-0.05, 0) is 133 Å². The molecule has 14 nitrogen and oxygen atoms in total. The van der Waals surface area contributed by atoms with E-state index in [1.54, 1.807) is 48.5 Å². The molecule has 0 radical (unpaired) electrons. The second kappa shape index (κ2) is 33.1. The van der Waals surface area contributed by atoms with E-state index in [1.807, 2.05) is 31.3 Å². The topological polar surface area (TPSA) is 179 Å². The first-order valence-corrected chi connectivity index (χ1v) is 30.1. The van der Waals surface area contributed by atoms with E-state index in [4.69, 9.17) is 65.4 Å². The van der Waals surface area contributed by atoms with Crippen molar-refractivity contribution in [3.05, 3.63) is 126 Å². The molecule has 0 saturated heterocycles. The van der Waals surface area contributed by atoms with Crippen LogP contribution in [0.15, 0.2) is 82.6 Å². The molecule has 1 heterocycles. The number of likely N-dealkylation sites (N-methyl/N-ethyl adjacent to an activating group) is 1. The number of nitrogens with one attached hydrogen (secondary N) is 3. The highest BCUT2D eigenvalue weighted by molar-refractivity contribution is 7.91. The first-order valence-electron chi connectivity index (χ1n) is 25.4. The summed E-state index contributed by atoms with van der Waals surface area (Å²) >= 11 is 25.8. The molecule has 3 N–H and O–H groups in total. The molecule has 1 aliphatic carbocycles. The van der Waals surface area contributed by atoms with Gasteiger partial charge in [0, 0.05) is 90.7 Å². The van der Waals surface area contributed by atoms with E-state index in [2.05, 4.69) is 27.2 Å². The number of unbranched alkanes of at least 4 members (excludes halogenated alkanes) is 2. The Balaban J connectivity index is 0.00000624. The van der Waals surface area contributed by atoms with E-state index in [1.165, 1.54) is 0 Å². The zero-order valence-electron chi connectivity index (χ0n) is 43.0. The van der Waals surface area contributed by atoms with Gasteiger partial charge < -0.3 is 59.3 Å². The Kier molecular flexibility index (Phi) is 28.6. The molecule has 422 valence electrons. The average molecular weight is 1210 g/mol. The third-order valence-corrected chi connectivity index (χ3v) is 17.5. The Hall–Kier alpha value is -2.78. The molecule has 3 atom stereocenters. The molecule has 0 spiro atoms. The first kappa shape index (κ1) is 65.7. The number of benzene rings is 4. The highest BCUT2D eigenvalue weighted by Gasteiger charge is 2.30. The van der Waals surface area contributed by atoms with Gasteiger partial charge >= 0.3 is 6.03 Å². The van der Waals surface area contributed by atoms with Gasteiger partial charge in [-0.15, -0.1) is 0 Å². The first-order chi connectivity index (χ1) is 35.5. The fourth-order valence-electron chi connectivity index (χ4n) is 9.45. The monoisotopic (exact) mass is 1210 g/mol. The van der Waals surface area contributed by atoms with Crippen LogP contribution in [0, 0.1) is 5.92 Å². The van der Waals surface area contributed by atoms with Crippen LogP contribution in [0.2, 0.25) is 20.1 Å². The van der Waals surface area contributed by atoms with Crippen molar-refractivity contribution >= 4 is 78.1 Å². The fraction of sp³-hybridized carbons (Fsp3) is 0.519. The molecule has 2 amide bonds. The van der Waals surface area contributed by atoms with Crippen LogP contribution in [0.5, 0.6) is 0 Å². The Bertz CT molecular complexity index is 2540. The molecule has 1 unspecified atom stereocenters. The summed E-state index contributed by atoms with van der Waals surface area (Å²) in [6.07, 6.45) is 5.86. The summed E-state index contributed by atoms with van der Waals surface area (Å²) in [5.74, 6) is 0.430. The van der Waals surface area contributed by atoms with Crippen LogP contribution in [0.4, 0.5) is 4.79 Å². The number of carbonyl (C=O) groups is 2. The highest BCUT2D eigenvalue weighted by Crippen LogP contribution is 2.44. The molecule has 1 aliphatic heterocycles. The van der Waals surface area contributed by atoms with Crippen molar-refractivity contribution in [1.82, 2.24) is 20.3 Å². The normalized spacial score (nSPS) is 16.5. The third-order valence-electron chi connectivity index (χ3n) is 13.1. The largest absolute Gasteiger partial charge is 1.00 e. The van der Waals surface area contributed by atoms with E-state index in [-0.39, 0.29) is 83.8 Å². The SMILES string of the molecule is CC1Cc2c(Cl)cc(Cl)cc2[C@H](c2cccc(S(=O)(=O)NCCOCCOCCCC(=O)CCCCCNC(=O)NCCOCCOCCCS(=O)(=O)c3cccc([C@@H]4CN(C)Cc5c(Cl)cc(Cl)cc54)c3)c2)C1.[Cl-].[Cl-]. The van der Waals surface area contributed by atoms with Crippen LogP contribution in [-0.4, -0.2) is 125 Å². The Morgan fingerprint density at radius 2 is 1.17 bits per heavy atom. The summed E-state index contributed by atoms with van der Waals surface area (Å²) in [6, 6.07) is 21.2. The van der Waals surface area contributed by atoms with Crippen molar-refractivity contribution in [2.45, 2.75) is 92.9 Å². The summed E-state index contributed by atoms with van der Waals surface area (Å²) in [5, 5.41) is 7.93. The van der Waals surface area contributed by atoms with E-state index in [0.29, 0.717) is 118 Å². The molecule has 0 bridgehead atoms. The van der Waals surface area contributed by atoms with Gasteiger partial charge in [0.15, 0.2) is 9.84 Å². The minimum absolute atomic E-state index is 0. The quantitative estimate of drug-likeness (QED) is 0.0621. The molecule has 2 aliphatic rings. The zero-order chi connectivity index (χ0) is 53.1. The Labute approximate surface area is 482 Å². The number of nitrogens with zero attached hydrogens (tertiary/aromatic N) is 1. The number of rotatable bonds is 31. The number of sulfonamides is 1. The van der Waals surface area contributed by atoms with Gasteiger partial charge in [-0.1, -0.05) is 84.0 Å². The maximum atomic E-state index is 13.2. The average Bonchev–Trinajstić information content (AvgIpc) is 3.36. The Morgan fingerprint density at radius 1 is 0.618 bits per heavy atom.